The summed E-state index contributed by atoms with van der Waals surface area (Å²) in [6.07, 6.45) is 2.46. The Kier molecular flexibility index (Phi) is 4.59. The van der Waals surface area contributed by atoms with Gasteiger partial charge in [-0.1, -0.05) is 0 Å². The molecule has 1 aliphatic heterocycles. The predicted octanol–water partition coefficient (Wildman–Crippen LogP) is 1.80. The zero-order chi connectivity index (χ0) is 13.1. The van der Waals surface area contributed by atoms with Crippen molar-refractivity contribution in [3.8, 4) is 0 Å². The lowest BCUT2D eigenvalue weighted by atomic mass is 9.90. The van der Waals surface area contributed by atoms with Crippen LogP contribution in [0.3, 0.4) is 0 Å². The largest absolute Gasteiger partial charge is 0.390 e. The average Bonchev–Trinajstić information content (AvgIpc) is 2.86. The molecule has 1 saturated heterocycles. The van der Waals surface area contributed by atoms with Crippen LogP contribution >= 0.6 is 11.3 Å². The van der Waals surface area contributed by atoms with E-state index in [2.05, 4.69) is 35.8 Å². The molecule has 5 heteroatoms. The van der Waals surface area contributed by atoms with E-state index in [1.54, 1.807) is 11.3 Å². The Morgan fingerprint density at radius 3 is 2.67 bits per heavy atom. The molecular formula is C13H23N3OS. The van der Waals surface area contributed by atoms with E-state index in [-0.39, 0.29) is 6.61 Å². The first kappa shape index (κ1) is 13.8. The van der Waals surface area contributed by atoms with E-state index in [4.69, 9.17) is 5.11 Å². The van der Waals surface area contributed by atoms with E-state index < -0.39 is 0 Å². The Bertz CT molecular complexity index is 372. The van der Waals surface area contributed by atoms with Crippen LogP contribution in [-0.2, 0) is 6.61 Å². The number of aromatic nitrogens is 1. The molecule has 1 atom stereocenters. The highest BCUT2D eigenvalue weighted by atomic mass is 32.1. The number of aliphatic hydroxyl groups is 1. The Morgan fingerprint density at radius 2 is 2.17 bits per heavy atom. The van der Waals surface area contributed by atoms with E-state index in [1.165, 1.54) is 12.8 Å². The van der Waals surface area contributed by atoms with Crippen molar-refractivity contribution in [1.29, 1.82) is 0 Å². The monoisotopic (exact) mass is 269 g/mol. The normalized spacial score (nSPS) is 19.5. The molecule has 2 heterocycles. The van der Waals surface area contributed by atoms with Crippen LogP contribution in [0.4, 0.5) is 5.13 Å². The number of aliphatic hydroxyl groups excluding tert-OH is 1. The summed E-state index contributed by atoms with van der Waals surface area (Å²) in [6.45, 7) is 4.53. The molecule has 1 N–H and O–H groups in total. The Labute approximate surface area is 113 Å². The minimum Gasteiger partial charge on any atom is -0.390 e. The maximum Gasteiger partial charge on any atom is 0.185 e. The molecule has 18 heavy (non-hydrogen) atoms. The number of rotatable bonds is 4. The zero-order valence-corrected chi connectivity index (χ0v) is 12.3. The summed E-state index contributed by atoms with van der Waals surface area (Å²) in [4.78, 5) is 9.10. The van der Waals surface area contributed by atoms with Gasteiger partial charge in [-0.3, -0.25) is 0 Å². The second-order valence-electron chi connectivity index (χ2n) is 5.31. The van der Waals surface area contributed by atoms with Gasteiger partial charge in [0.25, 0.3) is 0 Å². The van der Waals surface area contributed by atoms with Gasteiger partial charge in [0.15, 0.2) is 5.13 Å². The molecule has 1 aliphatic rings. The quantitative estimate of drug-likeness (QED) is 0.905. The van der Waals surface area contributed by atoms with Gasteiger partial charge in [-0.25, -0.2) is 4.98 Å². The fourth-order valence-electron chi connectivity index (χ4n) is 2.51. The van der Waals surface area contributed by atoms with Crippen molar-refractivity contribution in [1.82, 2.24) is 9.88 Å². The van der Waals surface area contributed by atoms with Gasteiger partial charge in [-0.15, -0.1) is 11.3 Å². The minimum atomic E-state index is 0.0463. The highest BCUT2D eigenvalue weighted by Crippen LogP contribution is 2.28. The van der Waals surface area contributed by atoms with Crippen LogP contribution in [0.15, 0.2) is 5.38 Å². The lowest BCUT2D eigenvalue weighted by Gasteiger charge is -2.37. The van der Waals surface area contributed by atoms with Crippen LogP contribution in [0.2, 0.25) is 0 Å². The molecule has 102 valence electrons. The van der Waals surface area contributed by atoms with Crippen LogP contribution < -0.4 is 4.90 Å². The zero-order valence-electron chi connectivity index (χ0n) is 11.5. The summed E-state index contributed by atoms with van der Waals surface area (Å²) in [7, 11) is 4.32. The maximum atomic E-state index is 9.05. The Morgan fingerprint density at radius 1 is 1.50 bits per heavy atom. The van der Waals surface area contributed by atoms with Gasteiger partial charge >= 0.3 is 0 Å². The fourth-order valence-corrected chi connectivity index (χ4v) is 3.38. The van der Waals surface area contributed by atoms with Crippen LogP contribution in [0.25, 0.3) is 0 Å². The topological polar surface area (TPSA) is 39.6 Å². The average molecular weight is 269 g/mol. The summed E-state index contributed by atoms with van der Waals surface area (Å²) in [6, 6.07) is 0.649. The first-order valence-electron chi connectivity index (χ1n) is 6.58. The molecule has 4 nitrogen and oxygen atoms in total. The lowest BCUT2D eigenvalue weighted by Crippen LogP contribution is -2.41. The Hall–Kier alpha value is -0.650. The van der Waals surface area contributed by atoms with Gasteiger partial charge in [0.2, 0.25) is 0 Å². The number of nitrogens with zero attached hydrogens (tertiary/aromatic N) is 3. The number of thiazole rings is 1. The van der Waals surface area contributed by atoms with Crippen LogP contribution in [0.1, 0.15) is 25.5 Å². The molecule has 0 radical (unpaired) electrons. The van der Waals surface area contributed by atoms with Gasteiger partial charge in [-0.05, 0) is 39.8 Å². The van der Waals surface area contributed by atoms with Crippen molar-refractivity contribution in [3.63, 3.8) is 0 Å². The van der Waals surface area contributed by atoms with E-state index in [9.17, 15) is 0 Å². The molecular weight excluding hydrogens is 246 g/mol. The van der Waals surface area contributed by atoms with Gasteiger partial charge < -0.3 is 14.9 Å². The molecule has 1 aromatic heterocycles. The van der Waals surface area contributed by atoms with Gasteiger partial charge in [-0.2, -0.15) is 0 Å². The molecule has 0 spiro atoms. The molecule has 0 saturated carbocycles. The fraction of sp³-hybridized carbons (Fsp3) is 0.769. The summed E-state index contributed by atoms with van der Waals surface area (Å²) < 4.78 is 0. The highest BCUT2D eigenvalue weighted by molar-refractivity contribution is 7.13. The SMILES string of the molecule is CC(C1CCN(c2nc(CO)cs2)CC1)N(C)C. The summed E-state index contributed by atoms with van der Waals surface area (Å²) in [5.74, 6) is 0.786. The smallest absolute Gasteiger partial charge is 0.185 e. The first-order valence-corrected chi connectivity index (χ1v) is 7.46. The standard InChI is InChI=1S/C13H23N3OS/c1-10(15(2)3)11-4-6-16(7-5-11)13-14-12(8-17)9-18-13/h9-11,17H,4-8H2,1-3H3. The summed E-state index contributed by atoms with van der Waals surface area (Å²) in [5.41, 5.74) is 0.791. The first-order chi connectivity index (χ1) is 8.61. The van der Waals surface area contributed by atoms with E-state index >= 15 is 0 Å². The third-order valence-electron chi connectivity index (χ3n) is 4.01. The van der Waals surface area contributed by atoms with Crippen molar-refractivity contribution in [2.24, 2.45) is 5.92 Å². The molecule has 0 aromatic carbocycles. The van der Waals surface area contributed by atoms with Crippen molar-refractivity contribution in [2.45, 2.75) is 32.4 Å². The van der Waals surface area contributed by atoms with Gasteiger partial charge in [0.05, 0.1) is 12.3 Å². The molecule has 1 unspecified atom stereocenters. The van der Waals surface area contributed by atoms with Gasteiger partial charge in [0.1, 0.15) is 0 Å². The molecule has 2 rings (SSSR count). The summed E-state index contributed by atoms with van der Waals surface area (Å²) >= 11 is 1.64. The molecule has 1 aromatic rings. The Balaban J connectivity index is 1.90. The number of piperidine rings is 1. The van der Waals surface area contributed by atoms with Gasteiger partial charge in [0, 0.05) is 24.5 Å². The van der Waals surface area contributed by atoms with Crippen molar-refractivity contribution in [3.05, 3.63) is 11.1 Å². The molecule has 1 fully saturated rings. The third-order valence-corrected chi connectivity index (χ3v) is 4.96. The van der Waals surface area contributed by atoms with Crippen LogP contribution in [0, 0.1) is 5.92 Å². The number of anilines is 1. The van der Waals surface area contributed by atoms with Crippen molar-refractivity contribution >= 4 is 16.5 Å². The molecule has 0 aliphatic carbocycles. The van der Waals surface area contributed by atoms with E-state index in [0.717, 1.165) is 29.8 Å². The summed E-state index contributed by atoms with van der Waals surface area (Å²) in [5, 5.41) is 12.1. The minimum absolute atomic E-state index is 0.0463. The molecule has 0 amide bonds. The number of hydrogen-bond acceptors (Lipinski definition) is 5. The second-order valence-corrected chi connectivity index (χ2v) is 6.14. The number of hydrogen-bond donors (Lipinski definition) is 1. The van der Waals surface area contributed by atoms with Crippen LogP contribution in [-0.4, -0.2) is 48.2 Å². The lowest BCUT2D eigenvalue weighted by molar-refractivity contribution is 0.199. The molecule has 0 bridgehead atoms. The third kappa shape index (κ3) is 3.02. The second kappa shape index (κ2) is 5.99. The van der Waals surface area contributed by atoms with E-state index in [1.807, 2.05) is 5.38 Å². The highest BCUT2D eigenvalue weighted by Gasteiger charge is 2.26. The van der Waals surface area contributed by atoms with E-state index in [0.29, 0.717) is 6.04 Å². The predicted molar refractivity (Wildman–Crippen MR) is 76.1 cm³/mol. The van der Waals surface area contributed by atoms with Crippen molar-refractivity contribution < 1.29 is 5.11 Å². The van der Waals surface area contributed by atoms with Crippen LogP contribution in [0.5, 0.6) is 0 Å². The van der Waals surface area contributed by atoms with Crippen molar-refractivity contribution in [2.75, 3.05) is 32.1 Å². The maximum absolute atomic E-state index is 9.05.